The van der Waals surface area contributed by atoms with Crippen LogP contribution in [0.25, 0.3) is 0 Å². The van der Waals surface area contributed by atoms with Crippen molar-refractivity contribution in [2.45, 2.75) is 38.8 Å². The lowest BCUT2D eigenvalue weighted by Crippen LogP contribution is -2.39. The molecule has 1 N–H and O–H groups in total. The molecule has 1 saturated heterocycles. The molecule has 0 radical (unpaired) electrons. The van der Waals surface area contributed by atoms with Gasteiger partial charge in [0, 0.05) is 32.1 Å². The first-order valence-corrected chi connectivity index (χ1v) is 8.82. The van der Waals surface area contributed by atoms with E-state index in [0.717, 1.165) is 44.1 Å². The van der Waals surface area contributed by atoms with Gasteiger partial charge in [0.15, 0.2) is 0 Å². The monoisotopic (exact) mass is 343 g/mol. The summed E-state index contributed by atoms with van der Waals surface area (Å²) in [6, 6.07) is 4.98. The number of amides is 1. The van der Waals surface area contributed by atoms with Crippen LogP contribution in [0.5, 0.6) is 0 Å². The molecule has 1 fully saturated rings. The standard InChI is InChI=1S/C18H22FN5O/c1-12-3-2-4-14(16(12)19)18(25)23-8-5-13(6-9-23)17-22-21-15-11-20-7-10-24(15)17/h2-4,13,20H,5-11H2,1H3. The number of piperidine rings is 1. The van der Waals surface area contributed by atoms with E-state index in [1.54, 1.807) is 30.0 Å². The van der Waals surface area contributed by atoms with E-state index in [1.165, 1.54) is 0 Å². The molecule has 7 heteroatoms. The Morgan fingerprint density at radius 2 is 2.04 bits per heavy atom. The number of hydrogen-bond donors (Lipinski definition) is 1. The predicted molar refractivity (Wildman–Crippen MR) is 90.7 cm³/mol. The summed E-state index contributed by atoms with van der Waals surface area (Å²) in [6.45, 7) is 5.51. The van der Waals surface area contributed by atoms with Crippen molar-refractivity contribution in [3.8, 4) is 0 Å². The zero-order chi connectivity index (χ0) is 17.4. The fourth-order valence-electron chi connectivity index (χ4n) is 3.74. The molecule has 6 nitrogen and oxygen atoms in total. The molecular weight excluding hydrogens is 321 g/mol. The van der Waals surface area contributed by atoms with E-state index in [-0.39, 0.29) is 11.5 Å². The van der Waals surface area contributed by atoms with Crippen molar-refractivity contribution in [1.29, 1.82) is 0 Å². The van der Waals surface area contributed by atoms with Crippen LogP contribution in [0, 0.1) is 12.7 Å². The van der Waals surface area contributed by atoms with E-state index in [0.29, 0.717) is 24.6 Å². The minimum Gasteiger partial charge on any atom is -0.339 e. The summed E-state index contributed by atoms with van der Waals surface area (Å²) >= 11 is 0. The van der Waals surface area contributed by atoms with Gasteiger partial charge in [-0.15, -0.1) is 10.2 Å². The van der Waals surface area contributed by atoms with Crippen LogP contribution in [-0.4, -0.2) is 45.2 Å². The molecule has 0 saturated carbocycles. The summed E-state index contributed by atoms with van der Waals surface area (Å²) in [6.07, 6.45) is 1.68. The Bertz CT molecular complexity index is 795. The molecule has 0 unspecified atom stereocenters. The number of likely N-dealkylation sites (tertiary alicyclic amines) is 1. The number of nitrogens with zero attached hydrogens (tertiary/aromatic N) is 4. The number of carbonyl (C=O) groups is 1. The zero-order valence-corrected chi connectivity index (χ0v) is 14.3. The highest BCUT2D eigenvalue weighted by Crippen LogP contribution is 2.29. The third-order valence-corrected chi connectivity index (χ3v) is 5.22. The largest absolute Gasteiger partial charge is 0.339 e. The Balaban J connectivity index is 1.46. The first-order chi connectivity index (χ1) is 12.1. The highest BCUT2D eigenvalue weighted by Gasteiger charge is 2.30. The van der Waals surface area contributed by atoms with Gasteiger partial charge in [-0.25, -0.2) is 4.39 Å². The van der Waals surface area contributed by atoms with E-state index in [9.17, 15) is 9.18 Å². The normalized spacial score (nSPS) is 18.2. The lowest BCUT2D eigenvalue weighted by Gasteiger charge is -2.32. The van der Waals surface area contributed by atoms with Crippen molar-refractivity contribution in [1.82, 2.24) is 25.0 Å². The summed E-state index contributed by atoms with van der Waals surface area (Å²) in [4.78, 5) is 14.4. The molecule has 0 bridgehead atoms. The first-order valence-electron chi connectivity index (χ1n) is 8.82. The predicted octanol–water partition coefficient (Wildman–Crippen LogP) is 1.85. The van der Waals surface area contributed by atoms with E-state index in [1.807, 2.05) is 0 Å². The van der Waals surface area contributed by atoms with Gasteiger partial charge in [-0.2, -0.15) is 0 Å². The maximum Gasteiger partial charge on any atom is 0.256 e. The molecule has 25 heavy (non-hydrogen) atoms. The zero-order valence-electron chi connectivity index (χ0n) is 14.3. The average Bonchev–Trinajstić information content (AvgIpc) is 3.08. The number of hydrogen-bond acceptors (Lipinski definition) is 4. The second kappa shape index (κ2) is 6.55. The molecule has 1 amide bonds. The van der Waals surface area contributed by atoms with Gasteiger partial charge in [-0.3, -0.25) is 4.79 Å². The van der Waals surface area contributed by atoms with Gasteiger partial charge < -0.3 is 14.8 Å². The number of fused-ring (bicyclic) bond motifs is 1. The fourth-order valence-corrected chi connectivity index (χ4v) is 3.74. The van der Waals surface area contributed by atoms with Gasteiger partial charge in [0.1, 0.15) is 17.5 Å². The summed E-state index contributed by atoms with van der Waals surface area (Å²) < 4.78 is 16.4. The Kier molecular flexibility index (Phi) is 4.25. The summed E-state index contributed by atoms with van der Waals surface area (Å²) in [5.74, 6) is 1.71. The maximum absolute atomic E-state index is 14.2. The molecule has 4 rings (SSSR count). The van der Waals surface area contributed by atoms with Gasteiger partial charge in [0.05, 0.1) is 12.1 Å². The number of benzene rings is 1. The van der Waals surface area contributed by atoms with Crippen LogP contribution in [0.3, 0.4) is 0 Å². The van der Waals surface area contributed by atoms with Gasteiger partial charge in [-0.1, -0.05) is 12.1 Å². The lowest BCUT2D eigenvalue weighted by molar-refractivity contribution is 0.0705. The van der Waals surface area contributed by atoms with Crippen LogP contribution in [0.1, 0.15) is 46.3 Å². The van der Waals surface area contributed by atoms with Crippen molar-refractivity contribution >= 4 is 5.91 Å². The van der Waals surface area contributed by atoms with Crippen LogP contribution in [-0.2, 0) is 13.1 Å². The van der Waals surface area contributed by atoms with Crippen LogP contribution in [0.2, 0.25) is 0 Å². The molecule has 2 aliphatic heterocycles. The lowest BCUT2D eigenvalue weighted by atomic mass is 9.95. The third kappa shape index (κ3) is 2.93. The van der Waals surface area contributed by atoms with E-state index >= 15 is 0 Å². The molecule has 0 spiro atoms. The van der Waals surface area contributed by atoms with Gasteiger partial charge >= 0.3 is 0 Å². The Hall–Kier alpha value is -2.28. The molecular formula is C18H22FN5O. The molecule has 1 aromatic heterocycles. The summed E-state index contributed by atoms with van der Waals surface area (Å²) in [5, 5.41) is 12.0. The third-order valence-electron chi connectivity index (χ3n) is 5.22. The minimum absolute atomic E-state index is 0.171. The van der Waals surface area contributed by atoms with Crippen LogP contribution in [0.15, 0.2) is 18.2 Å². The number of rotatable bonds is 2. The Morgan fingerprint density at radius 1 is 1.24 bits per heavy atom. The average molecular weight is 343 g/mol. The number of halogens is 1. The molecule has 2 aromatic rings. The van der Waals surface area contributed by atoms with Gasteiger partial charge in [0.2, 0.25) is 0 Å². The smallest absolute Gasteiger partial charge is 0.256 e. The van der Waals surface area contributed by atoms with Crippen LogP contribution < -0.4 is 5.32 Å². The molecule has 0 atom stereocenters. The van der Waals surface area contributed by atoms with E-state index < -0.39 is 5.82 Å². The number of carbonyl (C=O) groups excluding carboxylic acids is 1. The molecule has 0 aliphatic carbocycles. The highest BCUT2D eigenvalue weighted by atomic mass is 19.1. The second-order valence-electron chi connectivity index (χ2n) is 6.81. The second-order valence-corrected chi connectivity index (χ2v) is 6.81. The molecule has 3 heterocycles. The van der Waals surface area contributed by atoms with E-state index in [4.69, 9.17) is 0 Å². The van der Waals surface area contributed by atoms with E-state index in [2.05, 4.69) is 20.1 Å². The molecule has 2 aliphatic rings. The van der Waals surface area contributed by atoms with Gasteiger partial charge in [-0.05, 0) is 31.4 Å². The van der Waals surface area contributed by atoms with Gasteiger partial charge in [0.25, 0.3) is 5.91 Å². The SMILES string of the molecule is Cc1cccc(C(=O)N2CCC(c3nnc4n3CCNC4)CC2)c1F. The summed E-state index contributed by atoms with van der Waals surface area (Å²) in [5.41, 5.74) is 0.675. The highest BCUT2D eigenvalue weighted by molar-refractivity contribution is 5.94. The van der Waals surface area contributed by atoms with Crippen molar-refractivity contribution in [2.24, 2.45) is 0 Å². The summed E-state index contributed by atoms with van der Waals surface area (Å²) in [7, 11) is 0. The number of nitrogens with one attached hydrogen (secondary N) is 1. The molecule has 1 aromatic carbocycles. The topological polar surface area (TPSA) is 63.1 Å². The number of aryl methyl sites for hydroxylation is 1. The number of aromatic nitrogens is 3. The maximum atomic E-state index is 14.2. The van der Waals surface area contributed by atoms with Crippen LogP contribution in [0.4, 0.5) is 4.39 Å². The van der Waals surface area contributed by atoms with Crippen molar-refractivity contribution in [3.05, 3.63) is 46.8 Å². The fraction of sp³-hybridized carbons (Fsp3) is 0.500. The van der Waals surface area contributed by atoms with Crippen molar-refractivity contribution in [3.63, 3.8) is 0 Å². The Labute approximate surface area is 146 Å². The first kappa shape index (κ1) is 16.2. The van der Waals surface area contributed by atoms with Crippen molar-refractivity contribution < 1.29 is 9.18 Å². The Morgan fingerprint density at radius 3 is 2.84 bits per heavy atom. The quantitative estimate of drug-likeness (QED) is 0.904. The van der Waals surface area contributed by atoms with Crippen LogP contribution >= 0.6 is 0 Å². The molecule has 132 valence electrons. The van der Waals surface area contributed by atoms with Crippen molar-refractivity contribution in [2.75, 3.05) is 19.6 Å². The minimum atomic E-state index is -0.409.